The maximum absolute atomic E-state index is 11.9. The van der Waals surface area contributed by atoms with E-state index in [1.807, 2.05) is 0 Å². The van der Waals surface area contributed by atoms with Crippen molar-refractivity contribution in [1.82, 2.24) is 39.0 Å². The average molecular weight is 675 g/mol. The Morgan fingerprint density at radius 3 is 1.87 bits per heavy atom. The van der Waals surface area contributed by atoms with Gasteiger partial charge in [-0.05, 0) is 0 Å². The molecule has 0 aromatic carbocycles. The van der Waals surface area contributed by atoms with E-state index in [1.165, 1.54) is 36.0 Å². The van der Waals surface area contributed by atoms with Gasteiger partial charge in [0.25, 0.3) is 11.1 Å². The summed E-state index contributed by atoms with van der Waals surface area (Å²) in [7, 11) is 0.535. The number of aliphatic hydroxyl groups is 4. The van der Waals surface area contributed by atoms with Gasteiger partial charge >= 0.3 is 0 Å². The Morgan fingerprint density at radius 2 is 1.39 bits per heavy atom. The van der Waals surface area contributed by atoms with E-state index in [4.69, 9.17) is 40.4 Å². The van der Waals surface area contributed by atoms with Crippen LogP contribution in [0.2, 0.25) is 0 Å². The summed E-state index contributed by atoms with van der Waals surface area (Å²) < 4.78 is 28.9. The maximum Gasteiger partial charge on any atom is 0.280 e. The molecule has 2 saturated heterocycles. The summed E-state index contributed by atoms with van der Waals surface area (Å²) in [6.45, 7) is -0.361. The van der Waals surface area contributed by atoms with Gasteiger partial charge in [-0.25, -0.2) is 9.97 Å². The minimum absolute atomic E-state index is 0.0296. The molecule has 24 heteroatoms. The molecule has 0 bridgehead atoms. The van der Waals surface area contributed by atoms with Crippen molar-refractivity contribution in [1.29, 1.82) is 0 Å². The van der Waals surface area contributed by atoms with E-state index in [0.29, 0.717) is 0 Å². The average Bonchev–Trinajstić information content (AvgIpc) is 3.79. The standard InChI is InChI=1S/C11H16N5O8P.C11H15N5O5/c1-21-6-5(18)10(23-24-25(20)3-17)22-9(6)16-2-13-4-7(16)14-11(12)15-8(4)19;1-20-7-6(18)4(2-17)21-10(7)16-3-13-5-8(16)14-11(12)15-9(5)19/h2,5-6,9-10,17-18,20H,3H2,1H3,(H3,12,14,15,19);3-4,6-7,10,17-18H,2H2,1H3,(H3,12,14,15,19)/t5-,6?,9-,10-,25?;4-,6+,7?,10-/m11/s1. The Bertz CT molecular complexity index is 1770. The number of aliphatic hydroxyl groups excluding tert-OH is 4. The lowest BCUT2D eigenvalue weighted by Crippen LogP contribution is -2.34. The van der Waals surface area contributed by atoms with Crippen molar-refractivity contribution in [3.8, 4) is 0 Å². The number of nitrogens with two attached hydrogens (primary N) is 2. The van der Waals surface area contributed by atoms with Crippen LogP contribution in [0.1, 0.15) is 12.5 Å². The van der Waals surface area contributed by atoms with Gasteiger partial charge in [0.05, 0.1) is 19.3 Å². The highest BCUT2D eigenvalue weighted by Gasteiger charge is 2.48. The Kier molecular flexibility index (Phi) is 10.2. The van der Waals surface area contributed by atoms with Crippen LogP contribution in [-0.4, -0.2) is 128 Å². The largest absolute Gasteiger partial charge is 0.394 e. The van der Waals surface area contributed by atoms with Gasteiger partial charge in [-0.15, -0.1) is 0 Å². The zero-order chi connectivity index (χ0) is 33.3. The van der Waals surface area contributed by atoms with Gasteiger partial charge in [0.1, 0.15) is 36.9 Å². The number of nitrogens with one attached hydrogen (secondary N) is 2. The quantitative estimate of drug-likeness (QED) is 0.0465. The molecular weight excluding hydrogens is 643 g/mol. The normalized spacial score (nSPS) is 28.5. The molecule has 9 atom stereocenters. The summed E-state index contributed by atoms with van der Waals surface area (Å²) in [6, 6.07) is 0. The van der Waals surface area contributed by atoms with Crippen molar-refractivity contribution >= 4 is 42.6 Å². The van der Waals surface area contributed by atoms with Crippen LogP contribution in [-0.2, 0) is 28.5 Å². The van der Waals surface area contributed by atoms with Crippen LogP contribution in [0.5, 0.6) is 0 Å². The zero-order valence-corrected chi connectivity index (χ0v) is 24.9. The van der Waals surface area contributed by atoms with Crippen molar-refractivity contribution in [2.45, 2.75) is 49.3 Å². The molecule has 0 spiro atoms. The third kappa shape index (κ3) is 6.31. The van der Waals surface area contributed by atoms with Gasteiger partial charge in [-0.2, -0.15) is 19.5 Å². The minimum atomic E-state index is -2.22. The topological polar surface area (TPSA) is 336 Å². The van der Waals surface area contributed by atoms with Crippen LogP contribution in [0.4, 0.5) is 11.9 Å². The summed E-state index contributed by atoms with van der Waals surface area (Å²) in [5.41, 5.74) is 10.6. The Balaban J connectivity index is 0.000000184. The molecule has 46 heavy (non-hydrogen) atoms. The number of nitrogen functional groups attached to an aromatic ring is 2. The van der Waals surface area contributed by atoms with E-state index in [1.54, 1.807) is 0 Å². The minimum Gasteiger partial charge on any atom is -0.394 e. The van der Waals surface area contributed by atoms with E-state index in [9.17, 15) is 29.8 Å². The molecule has 6 rings (SSSR count). The summed E-state index contributed by atoms with van der Waals surface area (Å²) in [6.07, 6.45) is -5.83. The van der Waals surface area contributed by atoms with Crippen LogP contribution in [0, 0.1) is 0 Å². The monoisotopic (exact) mass is 674 g/mol. The van der Waals surface area contributed by atoms with E-state index in [2.05, 4.69) is 34.6 Å². The van der Waals surface area contributed by atoms with Gasteiger partial charge in [-0.3, -0.25) is 28.7 Å². The second-order valence-corrected chi connectivity index (χ2v) is 10.9. The zero-order valence-electron chi connectivity index (χ0n) is 24.0. The van der Waals surface area contributed by atoms with Crippen molar-refractivity contribution < 1.29 is 53.8 Å². The van der Waals surface area contributed by atoms with Crippen LogP contribution in [0.15, 0.2) is 22.2 Å². The van der Waals surface area contributed by atoms with Crippen LogP contribution in [0.3, 0.4) is 0 Å². The molecular formula is C22H31N10O13P. The molecule has 11 N–H and O–H groups in total. The van der Waals surface area contributed by atoms with Crippen LogP contribution >= 0.6 is 8.38 Å². The maximum atomic E-state index is 11.9. The fraction of sp³-hybridized carbons (Fsp3) is 0.545. The smallest absolute Gasteiger partial charge is 0.280 e. The van der Waals surface area contributed by atoms with Crippen molar-refractivity contribution in [2.24, 2.45) is 0 Å². The second-order valence-electron chi connectivity index (χ2n) is 9.74. The second kappa shape index (κ2) is 14.0. The number of rotatable bonds is 9. The number of nitrogens with zero attached hydrogens (tertiary/aromatic N) is 6. The van der Waals surface area contributed by atoms with Crippen molar-refractivity contribution in [3.63, 3.8) is 0 Å². The number of hydrogen-bond acceptors (Lipinski definition) is 19. The summed E-state index contributed by atoms with van der Waals surface area (Å²) in [5, 5.41) is 38.2. The summed E-state index contributed by atoms with van der Waals surface area (Å²) in [4.78, 5) is 58.2. The number of fused-ring (bicyclic) bond motifs is 2. The Morgan fingerprint density at radius 1 is 0.891 bits per heavy atom. The summed E-state index contributed by atoms with van der Waals surface area (Å²) >= 11 is 0. The molecule has 2 aliphatic rings. The highest BCUT2D eigenvalue weighted by molar-refractivity contribution is 7.45. The molecule has 0 radical (unpaired) electrons. The highest BCUT2D eigenvalue weighted by Crippen LogP contribution is 2.37. The SMILES string of the molecule is COC1[C@@H](O)[C@@H](CO)O[C@H]1n1cnc2c(=O)[nH]c(N)nc21.COC1[C@@H](O)[C@@H](OOP(O)CO)O[C@H]1n1cnc2c(=O)[nH]c(N)nc21. The first-order valence-corrected chi connectivity index (χ1v) is 14.6. The molecule has 0 aliphatic carbocycles. The van der Waals surface area contributed by atoms with Crippen LogP contribution in [0.25, 0.3) is 22.3 Å². The number of ether oxygens (including phenoxy) is 4. The van der Waals surface area contributed by atoms with Crippen molar-refractivity contribution in [2.75, 3.05) is 38.6 Å². The molecule has 6 heterocycles. The lowest BCUT2D eigenvalue weighted by molar-refractivity contribution is -0.332. The first kappa shape index (κ1) is 33.6. The van der Waals surface area contributed by atoms with Gasteiger partial charge in [0.2, 0.25) is 26.6 Å². The molecule has 0 amide bonds. The molecule has 252 valence electrons. The fourth-order valence-corrected chi connectivity index (χ4v) is 5.13. The van der Waals surface area contributed by atoms with E-state index in [-0.39, 0.29) is 40.8 Å². The van der Waals surface area contributed by atoms with Gasteiger partial charge in [0.15, 0.2) is 34.8 Å². The third-order valence-electron chi connectivity index (χ3n) is 7.00. The predicted molar refractivity (Wildman–Crippen MR) is 152 cm³/mol. The molecule has 2 aliphatic heterocycles. The number of methoxy groups -OCH3 is 2. The molecule has 4 aromatic heterocycles. The highest BCUT2D eigenvalue weighted by atomic mass is 31.2. The number of imidazole rings is 2. The first-order chi connectivity index (χ1) is 22.0. The number of anilines is 2. The predicted octanol–water partition coefficient (Wildman–Crippen LogP) is -3.90. The van der Waals surface area contributed by atoms with Crippen molar-refractivity contribution in [3.05, 3.63) is 33.4 Å². The fourth-order valence-electron chi connectivity index (χ4n) is 4.90. The number of aromatic amines is 2. The molecule has 3 unspecified atom stereocenters. The number of H-pyrrole nitrogens is 2. The van der Waals surface area contributed by atoms with Gasteiger partial charge in [0, 0.05) is 14.2 Å². The molecule has 4 aromatic rings. The lowest BCUT2D eigenvalue weighted by atomic mass is 10.1. The number of aromatic nitrogens is 8. The van der Waals surface area contributed by atoms with Crippen LogP contribution < -0.4 is 22.6 Å². The Labute approximate surface area is 257 Å². The van der Waals surface area contributed by atoms with Gasteiger partial charge in [-0.1, -0.05) is 0 Å². The third-order valence-corrected chi connectivity index (χ3v) is 7.50. The molecule has 23 nitrogen and oxygen atoms in total. The molecule has 0 saturated carbocycles. The van der Waals surface area contributed by atoms with Gasteiger partial charge < -0.3 is 55.7 Å². The molecule has 2 fully saturated rings. The first-order valence-electron chi connectivity index (χ1n) is 13.2. The Hall–Kier alpha value is -3.71. The van der Waals surface area contributed by atoms with E-state index < -0.39 is 75.1 Å². The van der Waals surface area contributed by atoms with E-state index in [0.717, 1.165) is 0 Å². The van der Waals surface area contributed by atoms with E-state index >= 15 is 0 Å². The number of hydrogen-bond donors (Lipinski definition) is 9. The lowest BCUT2D eigenvalue weighted by Gasteiger charge is -2.19. The summed E-state index contributed by atoms with van der Waals surface area (Å²) in [5.74, 6) is -0.169.